The van der Waals surface area contributed by atoms with Crippen molar-refractivity contribution in [1.29, 1.82) is 0 Å². The summed E-state index contributed by atoms with van der Waals surface area (Å²) in [6.07, 6.45) is 1.68. The van der Waals surface area contributed by atoms with Crippen LogP contribution in [0.4, 0.5) is 0 Å². The second kappa shape index (κ2) is 10.3. The van der Waals surface area contributed by atoms with Gasteiger partial charge in [-0.2, -0.15) is 4.98 Å². The molecule has 1 N–H and O–H groups in total. The Morgan fingerprint density at radius 2 is 1.90 bits per heavy atom. The van der Waals surface area contributed by atoms with Crippen molar-refractivity contribution in [3.05, 3.63) is 35.2 Å². The molecule has 8 nitrogen and oxygen atoms in total. The van der Waals surface area contributed by atoms with E-state index in [-0.39, 0.29) is 11.8 Å². The molecule has 2 saturated heterocycles. The van der Waals surface area contributed by atoms with Gasteiger partial charge in [0.1, 0.15) is 0 Å². The first kappa shape index (κ1) is 21.2. The van der Waals surface area contributed by atoms with Gasteiger partial charge < -0.3 is 14.6 Å². The van der Waals surface area contributed by atoms with Crippen molar-refractivity contribution in [2.75, 3.05) is 52.5 Å². The normalized spacial score (nSPS) is 19.1. The maximum absolute atomic E-state index is 12.5. The molecular formula is C21H28ClN5O3. The second-order valence-corrected chi connectivity index (χ2v) is 8.19. The Labute approximate surface area is 181 Å². The summed E-state index contributed by atoms with van der Waals surface area (Å²) < 4.78 is 10.8. The third-order valence-corrected chi connectivity index (χ3v) is 6.06. The lowest BCUT2D eigenvalue weighted by Gasteiger charge is -2.30. The van der Waals surface area contributed by atoms with E-state index < -0.39 is 0 Å². The lowest BCUT2D eigenvalue weighted by Crippen LogP contribution is -2.44. The molecule has 2 fully saturated rings. The van der Waals surface area contributed by atoms with Gasteiger partial charge in [0.25, 0.3) is 0 Å². The second-order valence-electron chi connectivity index (χ2n) is 7.79. The molecule has 9 heteroatoms. The van der Waals surface area contributed by atoms with E-state index in [9.17, 15) is 4.79 Å². The van der Waals surface area contributed by atoms with Crippen LogP contribution in [0.1, 0.15) is 18.7 Å². The van der Waals surface area contributed by atoms with E-state index in [0.717, 1.165) is 64.3 Å². The van der Waals surface area contributed by atoms with Gasteiger partial charge >= 0.3 is 0 Å². The van der Waals surface area contributed by atoms with E-state index in [1.807, 2.05) is 24.3 Å². The fourth-order valence-electron chi connectivity index (χ4n) is 3.92. The number of likely N-dealkylation sites (tertiary alicyclic amines) is 1. The van der Waals surface area contributed by atoms with Crippen LogP contribution in [0, 0.1) is 5.92 Å². The van der Waals surface area contributed by atoms with Gasteiger partial charge in [-0.1, -0.05) is 28.9 Å². The highest BCUT2D eigenvalue weighted by molar-refractivity contribution is 6.33. The van der Waals surface area contributed by atoms with E-state index in [2.05, 4.69) is 25.3 Å². The number of ether oxygens (including phenoxy) is 1. The number of carbonyl (C=O) groups excluding carboxylic acids is 1. The van der Waals surface area contributed by atoms with E-state index in [1.54, 1.807) is 0 Å². The van der Waals surface area contributed by atoms with Crippen molar-refractivity contribution in [3.8, 4) is 11.4 Å². The molecule has 1 aromatic carbocycles. The SMILES string of the molecule is O=C(NCCN1CCOCC1)C1CCN(Cc2nc(-c3ccccc3Cl)no2)CC1. The van der Waals surface area contributed by atoms with Crippen molar-refractivity contribution >= 4 is 17.5 Å². The first-order valence-corrected chi connectivity index (χ1v) is 10.9. The zero-order valence-electron chi connectivity index (χ0n) is 17.1. The lowest BCUT2D eigenvalue weighted by atomic mass is 9.96. The largest absolute Gasteiger partial charge is 0.379 e. The number of amides is 1. The molecule has 0 bridgehead atoms. The van der Waals surface area contributed by atoms with Gasteiger partial charge in [0.05, 0.1) is 24.8 Å². The molecular weight excluding hydrogens is 406 g/mol. The summed E-state index contributed by atoms with van der Waals surface area (Å²) in [5.74, 6) is 1.32. The molecule has 162 valence electrons. The summed E-state index contributed by atoms with van der Waals surface area (Å²) >= 11 is 6.21. The molecule has 1 amide bonds. The lowest BCUT2D eigenvalue weighted by molar-refractivity contribution is -0.126. The van der Waals surface area contributed by atoms with Gasteiger partial charge in [0, 0.05) is 37.7 Å². The van der Waals surface area contributed by atoms with Crippen LogP contribution in [0.5, 0.6) is 0 Å². The Balaban J connectivity index is 1.19. The molecule has 2 aliphatic rings. The van der Waals surface area contributed by atoms with Crippen LogP contribution in [0.15, 0.2) is 28.8 Å². The standard InChI is InChI=1S/C21H28ClN5O3/c22-18-4-2-1-3-17(18)20-24-19(30-25-20)15-27-8-5-16(6-9-27)21(28)23-7-10-26-11-13-29-14-12-26/h1-4,16H,5-15H2,(H,23,28). The Morgan fingerprint density at radius 3 is 2.67 bits per heavy atom. The number of aromatic nitrogens is 2. The molecule has 30 heavy (non-hydrogen) atoms. The number of carbonyl (C=O) groups is 1. The van der Waals surface area contributed by atoms with Crippen LogP contribution in [0.2, 0.25) is 5.02 Å². The first-order chi connectivity index (χ1) is 14.7. The molecule has 2 aliphatic heterocycles. The first-order valence-electron chi connectivity index (χ1n) is 10.6. The molecule has 0 radical (unpaired) electrons. The zero-order valence-corrected chi connectivity index (χ0v) is 17.8. The number of nitrogens with zero attached hydrogens (tertiary/aromatic N) is 4. The van der Waals surface area contributed by atoms with Crippen LogP contribution in [0.3, 0.4) is 0 Å². The monoisotopic (exact) mass is 433 g/mol. The summed E-state index contributed by atoms with van der Waals surface area (Å²) in [5.41, 5.74) is 0.765. The van der Waals surface area contributed by atoms with Crippen LogP contribution in [-0.4, -0.2) is 78.3 Å². The topological polar surface area (TPSA) is 83.7 Å². The molecule has 0 aliphatic carbocycles. The Morgan fingerprint density at radius 1 is 1.13 bits per heavy atom. The predicted octanol–water partition coefficient (Wildman–Crippen LogP) is 2.05. The fraction of sp³-hybridized carbons (Fsp3) is 0.571. The third-order valence-electron chi connectivity index (χ3n) is 5.73. The number of rotatable bonds is 7. The van der Waals surface area contributed by atoms with E-state index in [1.165, 1.54) is 0 Å². The maximum atomic E-state index is 12.5. The van der Waals surface area contributed by atoms with Crippen molar-refractivity contribution in [2.45, 2.75) is 19.4 Å². The van der Waals surface area contributed by atoms with Gasteiger partial charge in [0.15, 0.2) is 0 Å². The minimum atomic E-state index is 0.0762. The van der Waals surface area contributed by atoms with E-state index in [4.69, 9.17) is 20.9 Å². The molecule has 0 unspecified atom stereocenters. The van der Waals surface area contributed by atoms with E-state index in [0.29, 0.717) is 29.8 Å². The predicted molar refractivity (Wildman–Crippen MR) is 113 cm³/mol. The van der Waals surface area contributed by atoms with Crippen LogP contribution in [0.25, 0.3) is 11.4 Å². The highest BCUT2D eigenvalue weighted by atomic mass is 35.5. The Bertz CT molecular complexity index is 832. The van der Waals surface area contributed by atoms with Gasteiger partial charge in [-0.3, -0.25) is 14.6 Å². The van der Waals surface area contributed by atoms with Gasteiger partial charge in [-0.05, 0) is 38.1 Å². The average molecular weight is 434 g/mol. The Hall–Kier alpha value is -2.00. The summed E-state index contributed by atoms with van der Waals surface area (Å²) in [4.78, 5) is 21.5. The number of hydrogen-bond acceptors (Lipinski definition) is 7. The minimum absolute atomic E-state index is 0.0762. The maximum Gasteiger partial charge on any atom is 0.241 e. The van der Waals surface area contributed by atoms with Crippen molar-refractivity contribution in [2.24, 2.45) is 5.92 Å². The third kappa shape index (κ3) is 5.57. The molecule has 0 atom stereocenters. The van der Waals surface area contributed by atoms with Crippen molar-refractivity contribution in [1.82, 2.24) is 25.3 Å². The van der Waals surface area contributed by atoms with Gasteiger partial charge in [0.2, 0.25) is 17.6 Å². The average Bonchev–Trinajstić information content (AvgIpc) is 3.23. The van der Waals surface area contributed by atoms with Crippen LogP contribution in [-0.2, 0) is 16.1 Å². The van der Waals surface area contributed by atoms with Crippen LogP contribution >= 0.6 is 11.6 Å². The van der Waals surface area contributed by atoms with Gasteiger partial charge in [-0.15, -0.1) is 0 Å². The van der Waals surface area contributed by atoms with Crippen molar-refractivity contribution in [3.63, 3.8) is 0 Å². The number of nitrogens with one attached hydrogen (secondary N) is 1. The number of halogens is 1. The molecule has 1 aromatic heterocycles. The highest BCUT2D eigenvalue weighted by Gasteiger charge is 2.26. The molecule has 2 aromatic rings. The molecule has 3 heterocycles. The fourth-order valence-corrected chi connectivity index (χ4v) is 4.14. The Kier molecular flexibility index (Phi) is 7.33. The zero-order chi connectivity index (χ0) is 20.8. The number of morpholine rings is 1. The molecule has 0 saturated carbocycles. The summed E-state index contributed by atoms with van der Waals surface area (Å²) in [6.45, 7) is 7.31. The summed E-state index contributed by atoms with van der Waals surface area (Å²) in [6, 6.07) is 7.45. The molecule has 0 spiro atoms. The van der Waals surface area contributed by atoms with Gasteiger partial charge in [-0.25, -0.2) is 0 Å². The van der Waals surface area contributed by atoms with Crippen LogP contribution < -0.4 is 5.32 Å². The number of benzene rings is 1. The highest BCUT2D eigenvalue weighted by Crippen LogP contribution is 2.25. The van der Waals surface area contributed by atoms with Crippen molar-refractivity contribution < 1.29 is 14.1 Å². The number of hydrogen-bond donors (Lipinski definition) is 1. The van der Waals surface area contributed by atoms with E-state index >= 15 is 0 Å². The minimum Gasteiger partial charge on any atom is -0.379 e. The smallest absolute Gasteiger partial charge is 0.241 e. The molecule has 4 rings (SSSR count). The summed E-state index contributed by atoms with van der Waals surface area (Å²) in [7, 11) is 0. The quantitative estimate of drug-likeness (QED) is 0.715. The number of piperidine rings is 1. The summed E-state index contributed by atoms with van der Waals surface area (Å²) in [5, 5.41) is 7.75.